The third-order valence-corrected chi connectivity index (χ3v) is 5.48. The van der Waals surface area contributed by atoms with Gasteiger partial charge in [-0.1, -0.05) is 18.2 Å². The molecule has 0 aliphatic carbocycles. The minimum Gasteiger partial charge on any atom is -0.352 e. The van der Waals surface area contributed by atoms with Gasteiger partial charge in [-0.05, 0) is 37.3 Å². The predicted molar refractivity (Wildman–Crippen MR) is 84.1 cm³/mol. The van der Waals surface area contributed by atoms with Crippen molar-refractivity contribution in [3.8, 4) is 0 Å². The lowest BCUT2D eigenvalue weighted by molar-refractivity contribution is -0.119. The molecular weight excluding hydrogens is 268 g/mol. The Balaban J connectivity index is 1.70. The average molecular weight is 288 g/mol. The number of benzene rings is 1. The fraction of sp³-hybridized carbons (Fsp3) is 0.438. The number of amides is 1. The van der Waals surface area contributed by atoms with Crippen molar-refractivity contribution in [1.82, 2.24) is 10.6 Å². The zero-order valence-electron chi connectivity index (χ0n) is 11.9. The first-order chi connectivity index (χ1) is 9.65. The summed E-state index contributed by atoms with van der Waals surface area (Å²) in [4.78, 5) is 12.6. The molecule has 4 heteroatoms. The van der Waals surface area contributed by atoms with Crippen molar-refractivity contribution in [2.24, 2.45) is 0 Å². The van der Waals surface area contributed by atoms with Crippen molar-refractivity contribution in [2.45, 2.75) is 38.8 Å². The summed E-state index contributed by atoms with van der Waals surface area (Å²) in [7, 11) is 0. The van der Waals surface area contributed by atoms with E-state index >= 15 is 0 Å². The van der Waals surface area contributed by atoms with E-state index < -0.39 is 0 Å². The molecule has 0 spiro atoms. The molecule has 1 aliphatic rings. The van der Waals surface area contributed by atoms with E-state index in [-0.39, 0.29) is 5.91 Å². The highest BCUT2D eigenvalue weighted by Gasteiger charge is 2.21. The van der Waals surface area contributed by atoms with Crippen LogP contribution in [0.2, 0.25) is 0 Å². The molecule has 3 rings (SSSR count). The van der Waals surface area contributed by atoms with Crippen LogP contribution < -0.4 is 10.6 Å². The van der Waals surface area contributed by atoms with Gasteiger partial charge in [0.2, 0.25) is 5.91 Å². The maximum Gasteiger partial charge on any atom is 0.220 e. The van der Waals surface area contributed by atoms with Gasteiger partial charge in [0, 0.05) is 34.6 Å². The normalized spacial score (nSPS) is 20.3. The molecule has 2 aromatic rings. The van der Waals surface area contributed by atoms with Gasteiger partial charge in [0.05, 0.1) is 0 Å². The number of hydrogen-bond acceptors (Lipinski definition) is 3. The molecule has 1 aromatic carbocycles. The first kappa shape index (κ1) is 13.6. The number of nitrogens with one attached hydrogen (secondary N) is 2. The Morgan fingerprint density at radius 2 is 2.25 bits per heavy atom. The summed E-state index contributed by atoms with van der Waals surface area (Å²) in [6, 6.07) is 9.17. The molecule has 0 radical (unpaired) electrons. The number of thiophene rings is 1. The lowest BCUT2D eigenvalue weighted by Crippen LogP contribution is -2.36. The summed E-state index contributed by atoms with van der Waals surface area (Å²) >= 11 is 1.87. The molecule has 2 N–H and O–H groups in total. The average Bonchev–Trinajstić information content (AvgIpc) is 3.01. The summed E-state index contributed by atoms with van der Waals surface area (Å²) in [5.74, 6) is 0.183. The monoisotopic (exact) mass is 288 g/mol. The number of hydrogen-bond donors (Lipinski definition) is 2. The quantitative estimate of drug-likeness (QED) is 0.907. The summed E-state index contributed by atoms with van der Waals surface area (Å²) < 4.78 is 1.35. The molecule has 20 heavy (non-hydrogen) atoms. The zero-order valence-corrected chi connectivity index (χ0v) is 12.7. The van der Waals surface area contributed by atoms with Gasteiger partial charge in [-0.25, -0.2) is 0 Å². The number of carbonyl (C=O) groups is 1. The SMILES string of the molecule is Cc1c(C(C)NCC2CCC(=O)N2)sc2ccccc12. The lowest BCUT2D eigenvalue weighted by Gasteiger charge is -2.17. The van der Waals surface area contributed by atoms with Crippen molar-refractivity contribution in [3.05, 3.63) is 34.7 Å². The highest BCUT2D eigenvalue weighted by Crippen LogP contribution is 2.34. The van der Waals surface area contributed by atoms with Crippen molar-refractivity contribution in [1.29, 1.82) is 0 Å². The highest BCUT2D eigenvalue weighted by molar-refractivity contribution is 7.19. The van der Waals surface area contributed by atoms with Crippen molar-refractivity contribution in [3.63, 3.8) is 0 Å². The third kappa shape index (κ3) is 2.58. The van der Waals surface area contributed by atoms with Gasteiger partial charge < -0.3 is 10.6 Å². The topological polar surface area (TPSA) is 41.1 Å². The summed E-state index contributed by atoms with van der Waals surface area (Å²) in [6.07, 6.45) is 1.62. The van der Waals surface area contributed by atoms with Gasteiger partial charge >= 0.3 is 0 Å². The van der Waals surface area contributed by atoms with E-state index in [0.29, 0.717) is 18.5 Å². The Bertz CT molecular complexity index is 634. The summed E-state index contributed by atoms with van der Waals surface area (Å²) in [5.41, 5.74) is 1.38. The molecule has 0 bridgehead atoms. The summed E-state index contributed by atoms with van der Waals surface area (Å²) in [6.45, 7) is 5.25. The first-order valence-corrected chi connectivity index (χ1v) is 7.97. The molecule has 2 unspecified atom stereocenters. The van der Waals surface area contributed by atoms with E-state index in [4.69, 9.17) is 0 Å². The van der Waals surface area contributed by atoms with Gasteiger partial charge in [0.25, 0.3) is 0 Å². The molecule has 3 nitrogen and oxygen atoms in total. The second-order valence-electron chi connectivity index (χ2n) is 5.52. The lowest BCUT2D eigenvalue weighted by atomic mass is 10.1. The van der Waals surface area contributed by atoms with E-state index in [1.165, 1.54) is 20.5 Å². The van der Waals surface area contributed by atoms with Crippen molar-refractivity contribution < 1.29 is 4.79 Å². The Morgan fingerprint density at radius 1 is 1.45 bits per heavy atom. The van der Waals surface area contributed by atoms with Crippen LogP contribution in [0, 0.1) is 6.92 Å². The number of rotatable bonds is 4. The van der Waals surface area contributed by atoms with Gasteiger partial charge in [0.15, 0.2) is 0 Å². The molecule has 1 aliphatic heterocycles. The maximum absolute atomic E-state index is 11.2. The molecule has 0 saturated carbocycles. The largest absolute Gasteiger partial charge is 0.352 e. The Morgan fingerprint density at radius 3 is 2.95 bits per heavy atom. The smallest absolute Gasteiger partial charge is 0.220 e. The van der Waals surface area contributed by atoms with E-state index in [2.05, 4.69) is 48.7 Å². The Hall–Kier alpha value is -1.39. The molecule has 1 amide bonds. The van der Waals surface area contributed by atoms with E-state index in [1.807, 2.05) is 11.3 Å². The zero-order chi connectivity index (χ0) is 14.1. The van der Waals surface area contributed by atoms with Crippen LogP contribution in [0.5, 0.6) is 0 Å². The fourth-order valence-corrected chi connectivity index (χ4v) is 4.09. The van der Waals surface area contributed by atoms with E-state index in [0.717, 1.165) is 13.0 Å². The molecule has 1 saturated heterocycles. The van der Waals surface area contributed by atoms with Crippen LogP contribution in [0.1, 0.15) is 36.2 Å². The molecule has 2 atom stereocenters. The molecule has 2 heterocycles. The van der Waals surface area contributed by atoms with Crippen LogP contribution in [-0.4, -0.2) is 18.5 Å². The minimum absolute atomic E-state index is 0.183. The Kier molecular flexibility index (Phi) is 3.76. The predicted octanol–water partition coefficient (Wildman–Crippen LogP) is 3.14. The standard InChI is InChI=1S/C16H20N2OS/c1-10-13-5-3-4-6-14(13)20-16(10)11(2)17-9-12-7-8-15(19)18-12/h3-6,11-12,17H,7-9H2,1-2H3,(H,18,19). The van der Waals surface area contributed by atoms with Gasteiger partial charge in [-0.3, -0.25) is 4.79 Å². The fourth-order valence-electron chi connectivity index (χ4n) is 2.85. The molecule has 106 valence electrons. The van der Waals surface area contributed by atoms with E-state index in [9.17, 15) is 4.79 Å². The molecule has 1 aromatic heterocycles. The third-order valence-electron chi connectivity index (χ3n) is 4.03. The van der Waals surface area contributed by atoms with Crippen LogP contribution in [0.25, 0.3) is 10.1 Å². The van der Waals surface area contributed by atoms with Gasteiger partial charge in [-0.15, -0.1) is 11.3 Å². The maximum atomic E-state index is 11.2. The van der Waals surface area contributed by atoms with Crippen LogP contribution in [0.4, 0.5) is 0 Å². The minimum atomic E-state index is 0.183. The summed E-state index contributed by atoms with van der Waals surface area (Å²) in [5, 5.41) is 7.92. The van der Waals surface area contributed by atoms with Gasteiger partial charge in [-0.2, -0.15) is 0 Å². The van der Waals surface area contributed by atoms with Crippen LogP contribution in [-0.2, 0) is 4.79 Å². The highest BCUT2D eigenvalue weighted by atomic mass is 32.1. The van der Waals surface area contributed by atoms with Crippen LogP contribution in [0.15, 0.2) is 24.3 Å². The van der Waals surface area contributed by atoms with Crippen molar-refractivity contribution in [2.75, 3.05) is 6.54 Å². The first-order valence-electron chi connectivity index (χ1n) is 7.16. The van der Waals surface area contributed by atoms with Gasteiger partial charge in [0.1, 0.15) is 0 Å². The second-order valence-corrected chi connectivity index (χ2v) is 6.60. The number of fused-ring (bicyclic) bond motifs is 1. The number of aryl methyl sites for hydroxylation is 1. The van der Waals surface area contributed by atoms with E-state index in [1.54, 1.807) is 0 Å². The van der Waals surface area contributed by atoms with Crippen LogP contribution >= 0.6 is 11.3 Å². The molecule has 1 fully saturated rings. The second kappa shape index (κ2) is 5.54. The Labute approximate surface area is 123 Å². The van der Waals surface area contributed by atoms with Crippen LogP contribution in [0.3, 0.4) is 0 Å². The molecular formula is C16H20N2OS. The van der Waals surface area contributed by atoms with Crippen molar-refractivity contribution >= 4 is 27.3 Å². The number of carbonyl (C=O) groups excluding carboxylic acids is 1.